The summed E-state index contributed by atoms with van der Waals surface area (Å²) in [6, 6.07) is 17.2. The lowest BCUT2D eigenvalue weighted by Crippen LogP contribution is -2.29. The third kappa shape index (κ3) is 5.62. The molecule has 1 N–H and O–H groups in total. The molecule has 3 aromatic rings. The summed E-state index contributed by atoms with van der Waals surface area (Å²) in [6.45, 7) is 1.58. The van der Waals surface area contributed by atoms with Crippen molar-refractivity contribution in [3.63, 3.8) is 0 Å². The molecular weight excluding hydrogens is 360 g/mol. The molecule has 0 radical (unpaired) electrons. The Morgan fingerprint density at radius 2 is 1.81 bits per heavy atom. The summed E-state index contributed by atoms with van der Waals surface area (Å²) >= 11 is 1.69. The molecule has 0 spiro atoms. The number of carbonyl (C=O) groups excluding carboxylic acids is 2. The predicted octanol–water partition coefficient (Wildman–Crippen LogP) is 4.58. The zero-order valence-electron chi connectivity index (χ0n) is 15.2. The van der Waals surface area contributed by atoms with E-state index in [1.54, 1.807) is 30.4 Å². The van der Waals surface area contributed by atoms with Crippen LogP contribution < -0.4 is 5.32 Å². The molecule has 0 aliphatic carbocycles. The van der Waals surface area contributed by atoms with E-state index in [0.29, 0.717) is 18.5 Å². The molecule has 140 valence electrons. The third-order valence-corrected chi connectivity index (χ3v) is 5.17. The zero-order chi connectivity index (χ0) is 19.1. The number of amides is 1. The average Bonchev–Trinajstić information content (AvgIpc) is 3.09. The number of para-hydroxylation sites is 2. The van der Waals surface area contributed by atoms with Crippen LogP contribution in [0.5, 0.6) is 0 Å². The van der Waals surface area contributed by atoms with Gasteiger partial charge < -0.3 is 10.1 Å². The Balaban J connectivity index is 1.37. The Kier molecular flexibility index (Phi) is 6.54. The van der Waals surface area contributed by atoms with E-state index < -0.39 is 6.10 Å². The second-order valence-corrected chi connectivity index (χ2v) is 7.38. The first-order valence-electron chi connectivity index (χ1n) is 9.01. The first-order chi connectivity index (χ1) is 13.1. The minimum absolute atomic E-state index is 0.299. The average molecular weight is 382 g/mol. The number of rotatable bonds is 8. The van der Waals surface area contributed by atoms with Gasteiger partial charge in [-0.1, -0.05) is 30.3 Å². The number of benzene rings is 2. The molecule has 1 aromatic heterocycles. The van der Waals surface area contributed by atoms with Gasteiger partial charge in [0.05, 0.1) is 15.2 Å². The highest BCUT2D eigenvalue weighted by Crippen LogP contribution is 2.23. The molecule has 1 heterocycles. The molecule has 0 saturated carbocycles. The Labute approximate surface area is 162 Å². The van der Waals surface area contributed by atoms with Gasteiger partial charge in [0.1, 0.15) is 0 Å². The minimum Gasteiger partial charge on any atom is -0.453 e. The molecule has 6 heteroatoms. The second-order valence-electron chi connectivity index (χ2n) is 6.27. The highest BCUT2D eigenvalue weighted by atomic mass is 32.1. The number of carbonyl (C=O) groups is 2. The van der Waals surface area contributed by atoms with Gasteiger partial charge in [-0.2, -0.15) is 0 Å². The fourth-order valence-electron chi connectivity index (χ4n) is 2.65. The molecule has 0 unspecified atom stereocenters. The Hall–Kier alpha value is -2.73. The van der Waals surface area contributed by atoms with Crippen molar-refractivity contribution in [1.29, 1.82) is 0 Å². The number of nitrogens with zero attached hydrogens (tertiary/aromatic N) is 1. The molecule has 1 amide bonds. The first kappa shape index (κ1) is 19.0. The largest absolute Gasteiger partial charge is 0.453 e. The van der Waals surface area contributed by atoms with E-state index in [4.69, 9.17) is 4.74 Å². The van der Waals surface area contributed by atoms with Gasteiger partial charge in [0.15, 0.2) is 6.10 Å². The molecule has 5 nitrogen and oxygen atoms in total. The van der Waals surface area contributed by atoms with Crippen LogP contribution in [-0.4, -0.2) is 23.0 Å². The highest BCUT2D eigenvalue weighted by Gasteiger charge is 2.17. The van der Waals surface area contributed by atoms with Gasteiger partial charge in [-0.05, 0) is 50.5 Å². The summed E-state index contributed by atoms with van der Waals surface area (Å²) < 4.78 is 6.41. The minimum atomic E-state index is -0.818. The number of unbranched alkanes of at least 4 members (excludes halogenated alkanes) is 1. The molecule has 0 aliphatic rings. The van der Waals surface area contributed by atoms with Crippen molar-refractivity contribution >= 4 is 39.1 Å². The number of hydrogen-bond acceptors (Lipinski definition) is 5. The quantitative estimate of drug-likeness (QED) is 0.457. The molecule has 2 aromatic carbocycles. The Morgan fingerprint density at radius 3 is 2.59 bits per heavy atom. The van der Waals surface area contributed by atoms with E-state index in [1.165, 1.54) is 4.70 Å². The number of aromatic nitrogens is 1. The Bertz CT molecular complexity index is 875. The van der Waals surface area contributed by atoms with E-state index in [-0.39, 0.29) is 11.9 Å². The number of anilines is 1. The summed E-state index contributed by atoms with van der Waals surface area (Å²) in [5, 5.41) is 3.81. The maximum atomic E-state index is 12.1. The topological polar surface area (TPSA) is 68.3 Å². The second kappa shape index (κ2) is 9.28. The molecular formula is C21H22N2O3S. The van der Waals surface area contributed by atoms with Crippen LogP contribution in [0.4, 0.5) is 5.69 Å². The number of esters is 1. The number of fused-ring (bicyclic) bond motifs is 1. The van der Waals surface area contributed by atoms with Crippen LogP contribution in [-0.2, 0) is 20.7 Å². The molecule has 27 heavy (non-hydrogen) atoms. The maximum absolute atomic E-state index is 12.1. The Morgan fingerprint density at radius 1 is 1.07 bits per heavy atom. The lowest BCUT2D eigenvalue weighted by molar-refractivity contribution is -0.153. The lowest BCUT2D eigenvalue weighted by Gasteiger charge is -2.13. The van der Waals surface area contributed by atoms with Crippen LogP contribution >= 0.6 is 11.3 Å². The fourth-order valence-corrected chi connectivity index (χ4v) is 3.66. The third-order valence-electron chi connectivity index (χ3n) is 4.08. The molecule has 0 saturated heterocycles. The SMILES string of the molecule is C[C@H](OC(=O)CCCCc1nc2ccccc2s1)C(=O)Nc1ccccc1. The van der Waals surface area contributed by atoms with Gasteiger partial charge in [-0.25, -0.2) is 4.98 Å². The number of aryl methyl sites for hydroxylation is 1. The number of nitrogens with one attached hydrogen (secondary N) is 1. The van der Waals surface area contributed by atoms with Crippen molar-refractivity contribution in [2.75, 3.05) is 5.32 Å². The van der Waals surface area contributed by atoms with Crippen LogP contribution in [0.1, 0.15) is 31.2 Å². The molecule has 1 atom stereocenters. The van der Waals surface area contributed by atoms with E-state index in [0.717, 1.165) is 23.4 Å². The lowest BCUT2D eigenvalue weighted by atomic mass is 10.2. The summed E-state index contributed by atoms with van der Waals surface area (Å²) in [4.78, 5) is 28.6. The van der Waals surface area contributed by atoms with Crippen LogP contribution in [0.2, 0.25) is 0 Å². The smallest absolute Gasteiger partial charge is 0.306 e. The highest BCUT2D eigenvalue weighted by molar-refractivity contribution is 7.18. The van der Waals surface area contributed by atoms with E-state index in [1.807, 2.05) is 36.4 Å². The van der Waals surface area contributed by atoms with Gasteiger partial charge in [0.2, 0.25) is 0 Å². The number of hydrogen-bond donors (Lipinski definition) is 1. The molecule has 0 aliphatic heterocycles. The van der Waals surface area contributed by atoms with E-state index >= 15 is 0 Å². The summed E-state index contributed by atoms with van der Waals surface area (Å²) in [5.74, 6) is -0.681. The van der Waals surface area contributed by atoms with Gasteiger partial charge >= 0.3 is 5.97 Å². The van der Waals surface area contributed by atoms with Crippen molar-refractivity contribution in [3.8, 4) is 0 Å². The van der Waals surface area contributed by atoms with Crippen LogP contribution in [0.25, 0.3) is 10.2 Å². The van der Waals surface area contributed by atoms with Crippen molar-refractivity contribution in [2.24, 2.45) is 0 Å². The van der Waals surface area contributed by atoms with Crippen molar-refractivity contribution in [2.45, 2.75) is 38.7 Å². The summed E-state index contributed by atoms with van der Waals surface area (Å²) in [7, 11) is 0. The van der Waals surface area contributed by atoms with E-state index in [2.05, 4.69) is 16.4 Å². The van der Waals surface area contributed by atoms with Gasteiger partial charge in [0.25, 0.3) is 5.91 Å². The number of thiazole rings is 1. The standard InChI is InChI=1S/C21H22N2O3S/c1-15(21(25)22-16-9-3-2-4-10-16)26-20(24)14-8-7-13-19-23-17-11-5-6-12-18(17)27-19/h2-6,9-12,15H,7-8,13-14H2,1H3,(H,22,25)/t15-/m0/s1. The van der Waals surface area contributed by atoms with E-state index in [9.17, 15) is 9.59 Å². The van der Waals surface area contributed by atoms with Gasteiger partial charge in [-0.3, -0.25) is 9.59 Å². The summed E-state index contributed by atoms with van der Waals surface area (Å²) in [6.07, 6.45) is 1.90. The summed E-state index contributed by atoms with van der Waals surface area (Å²) in [5.41, 5.74) is 1.70. The normalized spacial score (nSPS) is 11.9. The van der Waals surface area contributed by atoms with Gasteiger partial charge in [0, 0.05) is 12.1 Å². The van der Waals surface area contributed by atoms with Crippen LogP contribution in [0, 0.1) is 0 Å². The van der Waals surface area contributed by atoms with Crippen molar-refractivity contribution in [1.82, 2.24) is 4.98 Å². The molecule has 0 fully saturated rings. The monoisotopic (exact) mass is 382 g/mol. The fraction of sp³-hybridized carbons (Fsp3) is 0.286. The van der Waals surface area contributed by atoms with Gasteiger partial charge in [-0.15, -0.1) is 11.3 Å². The zero-order valence-corrected chi connectivity index (χ0v) is 16.0. The first-order valence-corrected chi connectivity index (χ1v) is 9.83. The maximum Gasteiger partial charge on any atom is 0.306 e. The van der Waals surface area contributed by atoms with Crippen molar-refractivity contribution < 1.29 is 14.3 Å². The van der Waals surface area contributed by atoms with Crippen molar-refractivity contribution in [3.05, 3.63) is 59.6 Å². The molecule has 3 rings (SSSR count). The van der Waals surface area contributed by atoms with Crippen LogP contribution in [0.15, 0.2) is 54.6 Å². The van der Waals surface area contributed by atoms with Crippen LogP contribution in [0.3, 0.4) is 0 Å². The predicted molar refractivity (Wildman–Crippen MR) is 108 cm³/mol. The number of ether oxygens (including phenoxy) is 1. The molecule has 0 bridgehead atoms.